The Hall–Kier alpha value is -0.840. The van der Waals surface area contributed by atoms with E-state index in [-0.39, 0.29) is 11.6 Å². The quantitative estimate of drug-likeness (QED) is 0.633. The van der Waals surface area contributed by atoms with E-state index >= 15 is 0 Å². The van der Waals surface area contributed by atoms with E-state index in [2.05, 4.69) is 24.2 Å². The molecule has 1 unspecified atom stereocenters. The van der Waals surface area contributed by atoms with Crippen molar-refractivity contribution in [2.75, 3.05) is 13.1 Å². The Morgan fingerprint density at radius 3 is 2.53 bits per heavy atom. The second kappa shape index (κ2) is 6.55. The van der Waals surface area contributed by atoms with Gasteiger partial charge in [0, 0.05) is 11.6 Å². The largest absolute Gasteiger partial charge is 0.472 e. The average molecular weight is 265 g/mol. The van der Waals surface area contributed by atoms with Gasteiger partial charge in [-0.1, -0.05) is 12.8 Å². The Balaban J connectivity index is 2.05. The third kappa shape index (κ3) is 3.59. The van der Waals surface area contributed by atoms with Gasteiger partial charge in [0.1, 0.15) is 0 Å². The Bertz CT molecular complexity index is 353. The SMILES string of the molecule is CC(C)(C(Cc1ccoc1)NN)N1CCCCCC1. The molecule has 1 atom stereocenters. The lowest BCUT2D eigenvalue weighted by molar-refractivity contribution is 0.0834. The van der Waals surface area contributed by atoms with Crippen LogP contribution >= 0.6 is 0 Å². The molecule has 1 aromatic rings. The first-order valence-electron chi connectivity index (χ1n) is 7.37. The Morgan fingerprint density at radius 1 is 1.32 bits per heavy atom. The molecule has 3 N–H and O–H groups in total. The summed E-state index contributed by atoms with van der Waals surface area (Å²) >= 11 is 0. The summed E-state index contributed by atoms with van der Waals surface area (Å²) in [6.07, 6.45) is 9.74. The molecule has 2 rings (SSSR count). The molecule has 1 aliphatic heterocycles. The molecule has 1 aliphatic rings. The molecule has 1 saturated heterocycles. The van der Waals surface area contributed by atoms with Crippen LogP contribution in [0.25, 0.3) is 0 Å². The number of hydrogen-bond donors (Lipinski definition) is 2. The van der Waals surface area contributed by atoms with Gasteiger partial charge in [0.25, 0.3) is 0 Å². The molecule has 1 fully saturated rings. The second-order valence-corrected chi connectivity index (χ2v) is 6.11. The molecule has 0 aliphatic carbocycles. The predicted octanol–water partition coefficient (Wildman–Crippen LogP) is 2.31. The van der Waals surface area contributed by atoms with Crippen LogP contribution in [0.1, 0.15) is 45.1 Å². The summed E-state index contributed by atoms with van der Waals surface area (Å²) in [4.78, 5) is 2.59. The zero-order valence-corrected chi connectivity index (χ0v) is 12.2. The summed E-state index contributed by atoms with van der Waals surface area (Å²) in [5.74, 6) is 5.81. The zero-order chi connectivity index (χ0) is 13.7. The maximum atomic E-state index is 5.81. The van der Waals surface area contributed by atoms with E-state index in [0.717, 1.165) is 6.42 Å². The van der Waals surface area contributed by atoms with Crippen molar-refractivity contribution >= 4 is 0 Å². The molecule has 4 nitrogen and oxygen atoms in total. The van der Waals surface area contributed by atoms with Crippen molar-refractivity contribution in [2.45, 2.75) is 57.5 Å². The Kier molecular flexibility index (Phi) is 5.02. The monoisotopic (exact) mass is 265 g/mol. The first-order valence-corrected chi connectivity index (χ1v) is 7.37. The highest BCUT2D eigenvalue weighted by molar-refractivity contribution is 5.10. The van der Waals surface area contributed by atoms with E-state index in [0.29, 0.717) is 0 Å². The molecule has 0 saturated carbocycles. The predicted molar refractivity (Wildman–Crippen MR) is 77.6 cm³/mol. The van der Waals surface area contributed by atoms with E-state index in [4.69, 9.17) is 10.3 Å². The highest BCUT2D eigenvalue weighted by Crippen LogP contribution is 2.25. The minimum atomic E-state index is 0.0519. The highest BCUT2D eigenvalue weighted by atomic mass is 16.3. The molecule has 0 amide bonds. The van der Waals surface area contributed by atoms with Crippen molar-refractivity contribution < 1.29 is 4.42 Å². The Labute approximate surface area is 116 Å². The molecule has 0 radical (unpaired) electrons. The second-order valence-electron chi connectivity index (χ2n) is 6.11. The van der Waals surface area contributed by atoms with E-state index in [1.807, 2.05) is 12.3 Å². The summed E-state index contributed by atoms with van der Waals surface area (Å²) in [6.45, 7) is 6.94. The number of rotatable bonds is 5. The fourth-order valence-corrected chi connectivity index (χ4v) is 3.02. The van der Waals surface area contributed by atoms with E-state index in [9.17, 15) is 0 Å². The number of nitrogens with two attached hydrogens (primary N) is 1. The number of nitrogens with zero attached hydrogens (tertiary/aromatic N) is 1. The van der Waals surface area contributed by atoms with Crippen LogP contribution in [0.5, 0.6) is 0 Å². The number of nitrogens with one attached hydrogen (secondary N) is 1. The highest BCUT2D eigenvalue weighted by Gasteiger charge is 2.35. The topological polar surface area (TPSA) is 54.4 Å². The van der Waals surface area contributed by atoms with Gasteiger partial charge in [0.05, 0.1) is 12.5 Å². The molecular weight excluding hydrogens is 238 g/mol. The van der Waals surface area contributed by atoms with Gasteiger partial charge in [-0.25, -0.2) is 0 Å². The van der Waals surface area contributed by atoms with Crippen molar-refractivity contribution in [3.05, 3.63) is 24.2 Å². The third-order valence-corrected chi connectivity index (χ3v) is 4.49. The fourth-order valence-electron chi connectivity index (χ4n) is 3.02. The van der Waals surface area contributed by atoms with Crippen LogP contribution in [-0.4, -0.2) is 29.6 Å². The van der Waals surface area contributed by atoms with E-state index < -0.39 is 0 Å². The smallest absolute Gasteiger partial charge is 0.0935 e. The number of hydrogen-bond acceptors (Lipinski definition) is 4. The lowest BCUT2D eigenvalue weighted by atomic mass is 9.88. The van der Waals surface area contributed by atoms with Crippen molar-refractivity contribution in [1.29, 1.82) is 0 Å². The third-order valence-electron chi connectivity index (χ3n) is 4.49. The van der Waals surface area contributed by atoms with Gasteiger partial charge in [0.15, 0.2) is 0 Å². The van der Waals surface area contributed by atoms with Crippen LogP contribution in [0.2, 0.25) is 0 Å². The number of furan rings is 1. The molecule has 108 valence electrons. The van der Waals surface area contributed by atoms with Crippen LogP contribution in [0, 0.1) is 0 Å². The van der Waals surface area contributed by atoms with E-state index in [1.54, 1.807) is 6.26 Å². The molecule has 2 heterocycles. The van der Waals surface area contributed by atoms with Crippen LogP contribution in [0.15, 0.2) is 23.0 Å². The minimum Gasteiger partial charge on any atom is -0.472 e. The lowest BCUT2D eigenvalue weighted by Gasteiger charge is -2.43. The molecule has 19 heavy (non-hydrogen) atoms. The zero-order valence-electron chi connectivity index (χ0n) is 12.2. The van der Waals surface area contributed by atoms with Gasteiger partial charge in [-0.15, -0.1) is 0 Å². The molecular formula is C15H27N3O. The van der Waals surface area contributed by atoms with Gasteiger partial charge in [-0.05, 0) is 57.8 Å². The van der Waals surface area contributed by atoms with Gasteiger partial charge in [-0.2, -0.15) is 0 Å². The molecule has 1 aromatic heterocycles. The van der Waals surface area contributed by atoms with Crippen LogP contribution in [-0.2, 0) is 6.42 Å². The summed E-state index contributed by atoms with van der Waals surface area (Å²) < 4.78 is 5.16. The minimum absolute atomic E-state index is 0.0519. The van der Waals surface area contributed by atoms with Crippen LogP contribution < -0.4 is 11.3 Å². The van der Waals surface area contributed by atoms with Gasteiger partial charge in [0.2, 0.25) is 0 Å². The standard InChI is InChI=1S/C15H27N3O/c1-15(2,18-8-5-3-4-6-9-18)14(17-16)11-13-7-10-19-12-13/h7,10,12,14,17H,3-6,8-9,11,16H2,1-2H3. The summed E-state index contributed by atoms with van der Waals surface area (Å²) in [7, 11) is 0. The lowest BCUT2D eigenvalue weighted by Crippen LogP contribution is -2.60. The normalized spacial score (nSPS) is 20.2. The van der Waals surface area contributed by atoms with E-state index in [1.165, 1.54) is 44.3 Å². The summed E-state index contributed by atoms with van der Waals surface area (Å²) in [5, 5.41) is 0. The first kappa shape index (κ1) is 14.6. The maximum Gasteiger partial charge on any atom is 0.0935 e. The number of likely N-dealkylation sites (tertiary alicyclic amines) is 1. The maximum absolute atomic E-state index is 5.81. The van der Waals surface area contributed by atoms with Gasteiger partial charge < -0.3 is 4.42 Å². The Morgan fingerprint density at radius 2 is 2.00 bits per heavy atom. The average Bonchev–Trinajstić information content (AvgIpc) is 2.74. The first-order chi connectivity index (χ1) is 9.14. The molecule has 0 aromatic carbocycles. The van der Waals surface area contributed by atoms with Gasteiger partial charge >= 0.3 is 0 Å². The summed E-state index contributed by atoms with van der Waals surface area (Å²) in [5.41, 5.74) is 4.27. The fraction of sp³-hybridized carbons (Fsp3) is 0.733. The van der Waals surface area contributed by atoms with Crippen molar-refractivity contribution in [2.24, 2.45) is 5.84 Å². The molecule has 0 spiro atoms. The molecule has 0 bridgehead atoms. The van der Waals surface area contributed by atoms with Crippen LogP contribution in [0.3, 0.4) is 0 Å². The van der Waals surface area contributed by atoms with Gasteiger partial charge in [-0.3, -0.25) is 16.2 Å². The number of hydrazine groups is 1. The summed E-state index contributed by atoms with van der Waals surface area (Å²) in [6, 6.07) is 2.24. The van der Waals surface area contributed by atoms with Crippen molar-refractivity contribution in [3.63, 3.8) is 0 Å². The molecule has 4 heteroatoms. The van der Waals surface area contributed by atoms with Crippen molar-refractivity contribution in [1.82, 2.24) is 10.3 Å². The van der Waals surface area contributed by atoms with Crippen molar-refractivity contribution in [3.8, 4) is 0 Å². The van der Waals surface area contributed by atoms with Crippen LogP contribution in [0.4, 0.5) is 0 Å².